The summed E-state index contributed by atoms with van der Waals surface area (Å²) in [5, 5.41) is 4.90. The van der Waals surface area contributed by atoms with Crippen LogP contribution in [0, 0.1) is 5.82 Å². The van der Waals surface area contributed by atoms with Crippen LogP contribution in [0.3, 0.4) is 0 Å². The van der Waals surface area contributed by atoms with Gasteiger partial charge in [-0.25, -0.2) is 9.18 Å². The van der Waals surface area contributed by atoms with Gasteiger partial charge in [-0.1, -0.05) is 12.1 Å². The first-order chi connectivity index (χ1) is 9.95. The molecule has 2 amide bonds. The quantitative estimate of drug-likeness (QED) is 0.754. The van der Waals surface area contributed by atoms with E-state index in [1.807, 2.05) is 0 Å². The maximum absolute atomic E-state index is 13.3. The maximum atomic E-state index is 13.3. The second-order valence-electron chi connectivity index (χ2n) is 4.24. The number of carbonyl (C=O) groups excluding carboxylic acids is 3. The zero-order chi connectivity index (χ0) is 15.8. The van der Waals surface area contributed by atoms with Crippen LogP contribution in [-0.4, -0.2) is 37.0 Å². The Labute approximate surface area is 121 Å². The van der Waals surface area contributed by atoms with E-state index in [-0.39, 0.29) is 11.5 Å². The fourth-order valence-corrected chi connectivity index (χ4v) is 1.51. The number of ether oxygens (including phenoxy) is 1. The second kappa shape index (κ2) is 7.98. The largest absolute Gasteiger partial charge is 0.452 e. The zero-order valence-electron chi connectivity index (χ0n) is 11.8. The summed E-state index contributed by atoms with van der Waals surface area (Å²) in [4.78, 5) is 34.5. The summed E-state index contributed by atoms with van der Waals surface area (Å²) in [6.45, 7) is 3.11. The molecule has 0 heterocycles. The Bertz CT molecular complexity index is 533. The number of halogens is 1. The topological polar surface area (TPSA) is 84.5 Å². The van der Waals surface area contributed by atoms with Gasteiger partial charge < -0.3 is 15.4 Å². The normalized spacial score (nSPS) is 11.4. The summed E-state index contributed by atoms with van der Waals surface area (Å²) in [5.74, 6) is -2.64. The number of hydrogen-bond donors (Lipinski definition) is 2. The van der Waals surface area contributed by atoms with Gasteiger partial charge in [-0.05, 0) is 26.0 Å². The molecule has 2 N–H and O–H groups in total. The molecule has 7 heteroatoms. The lowest BCUT2D eigenvalue weighted by atomic mass is 10.2. The van der Waals surface area contributed by atoms with Crippen LogP contribution in [-0.2, 0) is 14.3 Å². The van der Waals surface area contributed by atoms with Crippen LogP contribution < -0.4 is 10.6 Å². The van der Waals surface area contributed by atoms with Gasteiger partial charge in [0, 0.05) is 6.54 Å². The highest BCUT2D eigenvalue weighted by atomic mass is 19.1. The summed E-state index contributed by atoms with van der Waals surface area (Å²) in [7, 11) is 0. The minimum absolute atomic E-state index is 0.248. The van der Waals surface area contributed by atoms with E-state index in [9.17, 15) is 18.8 Å². The molecule has 0 spiro atoms. The minimum Gasteiger partial charge on any atom is -0.452 e. The molecule has 1 atom stereocenters. The Balaban J connectivity index is 2.45. The van der Waals surface area contributed by atoms with Gasteiger partial charge in [0.1, 0.15) is 11.9 Å². The van der Waals surface area contributed by atoms with E-state index in [2.05, 4.69) is 15.4 Å². The molecule has 0 bridgehead atoms. The number of likely N-dealkylation sites (N-methyl/N-ethyl adjacent to an activating group) is 1. The van der Waals surface area contributed by atoms with E-state index in [0.29, 0.717) is 6.54 Å². The third kappa shape index (κ3) is 5.21. The van der Waals surface area contributed by atoms with Crippen LogP contribution in [0.5, 0.6) is 0 Å². The molecule has 6 nitrogen and oxygen atoms in total. The fraction of sp³-hybridized carbons (Fsp3) is 0.357. The summed E-state index contributed by atoms with van der Waals surface area (Å²) < 4.78 is 18.0. The van der Waals surface area contributed by atoms with Crippen LogP contribution in [0.25, 0.3) is 0 Å². The van der Waals surface area contributed by atoms with Crippen molar-refractivity contribution in [3.8, 4) is 0 Å². The molecule has 0 saturated carbocycles. The second-order valence-corrected chi connectivity index (χ2v) is 4.24. The van der Waals surface area contributed by atoms with E-state index >= 15 is 0 Å². The molecule has 114 valence electrons. The molecule has 0 aromatic heterocycles. The van der Waals surface area contributed by atoms with E-state index in [0.717, 1.165) is 6.07 Å². The summed E-state index contributed by atoms with van der Waals surface area (Å²) >= 11 is 0. The Morgan fingerprint density at radius 2 is 1.95 bits per heavy atom. The van der Waals surface area contributed by atoms with Crippen molar-refractivity contribution in [2.24, 2.45) is 0 Å². The first kappa shape index (κ1) is 16.6. The first-order valence-electron chi connectivity index (χ1n) is 6.44. The van der Waals surface area contributed by atoms with Gasteiger partial charge in [-0.3, -0.25) is 9.59 Å². The average molecular weight is 296 g/mol. The Morgan fingerprint density at radius 1 is 1.29 bits per heavy atom. The maximum Gasteiger partial charge on any atom is 0.341 e. The summed E-state index contributed by atoms with van der Waals surface area (Å²) in [5.41, 5.74) is -0.248. The minimum atomic E-state index is -0.936. The highest BCUT2D eigenvalue weighted by molar-refractivity contribution is 5.92. The molecule has 0 saturated heterocycles. The molecule has 0 fully saturated rings. The van der Waals surface area contributed by atoms with Crippen molar-refractivity contribution >= 4 is 17.8 Å². The van der Waals surface area contributed by atoms with Crippen molar-refractivity contribution in [1.82, 2.24) is 10.6 Å². The van der Waals surface area contributed by atoms with Gasteiger partial charge >= 0.3 is 5.97 Å². The van der Waals surface area contributed by atoms with Crippen LogP contribution >= 0.6 is 0 Å². The number of nitrogens with one attached hydrogen (secondary N) is 2. The Morgan fingerprint density at radius 3 is 2.57 bits per heavy atom. The van der Waals surface area contributed by atoms with E-state index < -0.39 is 30.3 Å². The molecule has 0 unspecified atom stereocenters. The van der Waals surface area contributed by atoms with Crippen molar-refractivity contribution in [2.75, 3.05) is 13.2 Å². The third-order valence-corrected chi connectivity index (χ3v) is 2.55. The lowest BCUT2D eigenvalue weighted by molar-refractivity contribution is -0.130. The van der Waals surface area contributed by atoms with Crippen molar-refractivity contribution in [2.45, 2.75) is 19.9 Å². The molecule has 1 aromatic rings. The molecule has 0 aliphatic heterocycles. The molecule has 0 aliphatic rings. The van der Waals surface area contributed by atoms with E-state index in [1.54, 1.807) is 6.92 Å². The molecule has 1 rings (SSSR count). The lowest BCUT2D eigenvalue weighted by Crippen LogP contribution is -2.46. The first-order valence-corrected chi connectivity index (χ1v) is 6.44. The van der Waals surface area contributed by atoms with Crippen molar-refractivity contribution in [3.63, 3.8) is 0 Å². The molecule has 1 aromatic carbocycles. The number of benzene rings is 1. The van der Waals surface area contributed by atoms with Gasteiger partial charge in [0.25, 0.3) is 5.91 Å². The fourth-order valence-electron chi connectivity index (χ4n) is 1.51. The van der Waals surface area contributed by atoms with Crippen LogP contribution in [0.1, 0.15) is 24.2 Å². The standard InChI is InChI=1S/C14H17FN2O4/c1-3-16-13(19)9(2)17-12(18)8-21-14(20)10-6-4-5-7-11(10)15/h4-7,9H,3,8H2,1-2H3,(H,16,19)(H,17,18)/t9-/m1/s1. The number of carbonyl (C=O) groups is 3. The highest BCUT2D eigenvalue weighted by Crippen LogP contribution is 2.07. The van der Waals surface area contributed by atoms with Gasteiger partial charge in [-0.15, -0.1) is 0 Å². The molecule has 0 aliphatic carbocycles. The van der Waals surface area contributed by atoms with E-state index in [1.165, 1.54) is 25.1 Å². The average Bonchev–Trinajstić information content (AvgIpc) is 2.45. The van der Waals surface area contributed by atoms with Crippen LogP contribution in [0.4, 0.5) is 4.39 Å². The zero-order valence-corrected chi connectivity index (χ0v) is 11.8. The number of esters is 1. The number of hydrogen-bond acceptors (Lipinski definition) is 4. The Hall–Kier alpha value is -2.44. The Kier molecular flexibility index (Phi) is 6.32. The van der Waals surface area contributed by atoms with E-state index in [4.69, 9.17) is 0 Å². The molecule has 21 heavy (non-hydrogen) atoms. The van der Waals surface area contributed by atoms with Gasteiger partial charge in [0.05, 0.1) is 5.56 Å². The predicted octanol–water partition coefficient (Wildman–Crippen LogP) is 0.623. The smallest absolute Gasteiger partial charge is 0.341 e. The summed E-state index contributed by atoms with van der Waals surface area (Å²) in [6, 6.07) is 4.55. The van der Waals surface area contributed by atoms with Crippen LogP contribution in [0.2, 0.25) is 0 Å². The van der Waals surface area contributed by atoms with Crippen LogP contribution in [0.15, 0.2) is 24.3 Å². The number of amides is 2. The molecular formula is C14H17FN2O4. The highest BCUT2D eigenvalue weighted by Gasteiger charge is 2.17. The van der Waals surface area contributed by atoms with Gasteiger partial charge in [0.2, 0.25) is 5.91 Å². The SMILES string of the molecule is CCNC(=O)[C@@H](C)NC(=O)COC(=O)c1ccccc1F. The molecule has 0 radical (unpaired) electrons. The van der Waals surface area contributed by atoms with Gasteiger partial charge in [0.15, 0.2) is 6.61 Å². The summed E-state index contributed by atoms with van der Waals surface area (Å²) in [6.07, 6.45) is 0. The predicted molar refractivity (Wildman–Crippen MR) is 73.0 cm³/mol. The molecular weight excluding hydrogens is 279 g/mol. The van der Waals surface area contributed by atoms with Crippen molar-refractivity contribution in [1.29, 1.82) is 0 Å². The number of rotatable bonds is 6. The van der Waals surface area contributed by atoms with Crippen molar-refractivity contribution < 1.29 is 23.5 Å². The third-order valence-electron chi connectivity index (χ3n) is 2.55. The van der Waals surface area contributed by atoms with Gasteiger partial charge in [-0.2, -0.15) is 0 Å². The van der Waals surface area contributed by atoms with Crippen molar-refractivity contribution in [3.05, 3.63) is 35.6 Å². The monoisotopic (exact) mass is 296 g/mol. The lowest BCUT2D eigenvalue weighted by Gasteiger charge is -2.13.